The van der Waals surface area contributed by atoms with E-state index in [4.69, 9.17) is 11.6 Å². The van der Waals surface area contributed by atoms with Crippen molar-refractivity contribution in [1.82, 2.24) is 24.9 Å². The van der Waals surface area contributed by atoms with Gasteiger partial charge < -0.3 is 5.32 Å². The van der Waals surface area contributed by atoms with Crippen molar-refractivity contribution in [2.24, 2.45) is 0 Å². The maximum Gasteiger partial charge on any atom is 0.251 e. The molecule has 0 fully saturated rings. The minimum absolute atomic E-state index is 0.141. The molecule has 0 unspecified atom stereocenters. The van der Waals surface area contributed by atoms with Gasteiger partial charge in [-0.05, 0) is 30.7 Å². The molecule has 1 N–H and O–H groups in total. The predicted molar refractivity (Wildman–Crippen MR) is 91.9 cm³/mol. The smallest absolute Gasteiger partial charge is 0.251 e. The summed E-state index contributed by atoms with van der Waals surface area (Å²) in [6.07, 6.45) is 5.22. The van der Waals surface area contributed by atoms with Gasteiger partial charge in [0.15, 0.2) is 0 Å². The van der Waals surface area contributed by atoms with Crippen molar-refractivity contribution in [3.63, 3.8) is 0 Å². The minimum Gasteiger partial charge on any atom is -0.346 e. The largest absolute Gasteiger partial charge is 0.346 e. The second-order valence-corrected chi connectivity index (χ2v) is 5.75. The van der Waals surface area contributed by atoms with Crippen molar-refractivity contribution in [2.45, 2.75) is 26.6 Å². The van der Waals surface area contributed by atoms with Crippen LogP contribution in [0.1, 0.15) is 28.5 Å². The first-order valence-electron chi connectivity index (χ1n) is 7.72. The van der Waals surface area contributed by atoms with E-state index in [1.807, 2.05) is 42.1 Å². The average molecular weight is 344 g/mol. The fraction of sp³-hybridized carbons (Fsp3) is 0.235. The van der Waals surface area contributed by atoms with Gasteiger partial charge in [-0.1, -0.05) is 23.7 Å². The SMILES string of the molecule is CCn1ncc(Cl)c1CNC(=O)c1cccc(Cn2cccn2)c1. The quantitative estimate of drug-likeness (QED) is 0.748. The molecule has 0 atom stereocenters. The molecule has 0 radical (unpaired) electrons. The van der Waals surface area contributed by atoms with Gasteiger partial charge in [0.25, 0.3) is 5.91 Å². The summed E-state index contributed by atoms with van der Waals surface area (Å²) >= 11 is 6.11. The van der Waals surface area contributed by atoms with E-state index in [-0.39, 0.29) is 5.91 Å². The first-order valence-corrected chi connectivity index (χ1v) is 8.10. The molecule has 124 valence electrons. The Morgan fingerprint density at radius 3 is 2.92 bits per heavy atom. The highest BCUT2D eigenvalue weighted by atomic mass is 35.5. The zero-order chi connectivity index (χ0) is 16.9. The summed E-state index contributed by atoms with van der Waals surface area (Å²) in [5.41, 5.74) is 2.43. The number of carbonyl (C=O) groups is 1. The van der Waals surface area contributed by atoms with Crippen LogP contribution in [0.25, 0.3) is 0 Å². The van der Waals surface area contributed by atoms with E-state index >= 15 is 0 Å². The van der Waals surface area contributed by atoms with Crippen LogP contribution in [0.5, 0.6) is 0 Å². The van der Waals surface area contributed by atoms with Crippen LogP contribution in [0.3, 0.4) is 0 Å². The lowest BCUT2D eigenvalue weighted by atomic mass is 10.1. The first kappa shape index (κ1) is 16.3. The molecular formula is C17H18ClN5O. The second-order valence-electron chi connectivity index (χ2n) is 5.34. The van der Waals surface area contributed by atoms with E-state index in [9.17, 15) is 4.79 Å². The number of nitrogens with zero attached hydrogens (tertiary/aromatic N) is 4. The van der Waals surface area contributed by atoms with Crippen LogP contribution in [0, 0.1) is 0 Å². The normalized spacial score (nSPS) is 10.8. The van der Waals surface area contributed by atoms with Gasteiger partial charge in [-0.3, -0.25) is 14.2 Å². The zero-order valence-electron chi connectivity index (χ0n) is 13.3. The number of hydrogen-bond acceptors (Lipinski definition) is 3. The van der Waals surface area contributed by atoms with Gasteiger partial charge in [-0.25, -0.2) is 0 Å². The van der Waals surface area contributed by atoms with Crippen LogP contribution in [0.4, 0.5) is 0 Å². The molecule has 3 rings (SSSR count). The number of nitrogens with one attached hydrogen (secondary N) is 1. The highest BCUT2D eigenvalue weighted by Gasteiger charge is 2.11. The molecule has 0 bridgehead atoms. The first-order chi connectivity index (χ1) is 11.7. The van der Waals surface area contributed by atoms with E-state index in [0.717, 1.165) is 11.3 Å². The maximum atomic E-state index is 12.4. The standard InChI is InChI=1S/C17H18ClN5O/c1-2-23-16(15(18)10-21-23)11-19-17(24)14-6-3-5-13(9-14)12-22-8-4-7-20-22/h3-10H,2,11-12H2,1H3,(H,19,24). The number of hydrogen-bond donors (Lipinski definition) is 1. The average Bonchev–Trinajstić information content (AvgIpc) is 3.22. The lowest BCUT2D eigenvalue weighted by molar-refractivity contribution is 0.0950. The Morgan fingerprint density at radius 1 is 1.29 bits per heavy atom. The molecular weight excluding hydrogens is 326 g/mol. The Bertz CT molecular complexity index is 825. The molecule has 0 aliphatic rings. The summed E-state index contributed by atoms with van der Waals surface area (Å²) in [5.74, 6) is -0.141. The van der Waals surface area contributed by atoms with Crippen LogP contribution in [0.15, 0.2) is 48.9 Å². The molecule has 0 saturated carbocycles. The molecule has 2 aromatic heterocycles. The fourth-order valence-electron chi connectivity index (χ4n) is 2.49. The van der Waals surface area contributed by atoms with E-state index in [2.05, 4.69) is 15.5 Å². The van der Waals surface area contributed by atoms with Crippen molar-refractivity contribution in [3.8, 4) is 0 Å². The van der Waals surface area contributed by atoms with Crippen molar-refractivity contribution < 1.29 is 4.79 Å². The summed E-state index contributed by atoms with van der Waals surface area (Å²) in [6, 6.07) is 9.38. The van der Waals surface area contributed by atoms with Crippen LogP contribution < -0.4 is 5.32 Å². The third-order valence-corrected chi connectivity index (χ3v) is 4.02. The summed E-state index contributed by atoms with van der Waals surface area (Å²) in [4.78, 5) is 12.4. The molecule has 0 spiro atoms. The van der Waals surface area contributed by atoms with E-state index in [1.165, 1.54) is 0 Å². The number of aromatic nitrogens is 4. The van der Waals surface area contributed by atoms with Gasteiger partial charge in [0.05, 0.1) is 30.0 Å². The van der Waals surface area contributed by atoms with Crippen molar-refractivity contribution in [1.29, 1.82) is 0 Å². The third-order valence-electron chi connectivity index (χ3n) is 3.71. The van der Waals surface area contributed by atoms with E-state index < -0.39 is 0 Å². The number of aryl methyl sites for hydroxylation is 1. The van der Waals surface area contributed by atoms with E-state index in [0.29, 0.717) is 30.2 Å². The number of benzene rings is 1. The Hall–Kier alpha value is -2.60. The topological polar surface area (TPSA) is 64.7 Å². The molecule has 6 nitrogen and oxygen atoms in total. The highest BCUT2D eigenvalue weighted by molar-refractivity contribution is 6.31. The highest BCUT2D eigenvalue weighted by Crippen LogP contribution is 2.15. The Morgan fingerprint density at radius 2 is 2.17 bits per heavy atom. The van der Waals surface area contributed by atoms with Gasteiger partial charge in [0.1, 0.15) is 0 Å². The van der Waals surface area contributed by atoms with Crippen molar-refractivity contribution in [2.75, 3.05) is 0 Å². The van der Waals surface area contributed by atoms with Gasteiger partial charge in [0, 0.05) is 24.5 Å². The molecule has 24 heavy (non-hydrogen) atoms. The Balaban J connectivity index is 1.67. The number of halogens is 1. The summed E-state index contributed by atoms with van der Waals surface area (Å²) in [7, 11) is 0. The maximum absolute atomic E-state index is 12.4. The number of carbonyl (C=O) groups excluding carboxylic acids is 1. The van der Waals surface area contributed by atoms with E-state index in [1.54, 1.807) is 23.1 Å². The molecule has 2 heterocycles. The van der Waals surface area contributed by atoms with Crippen molar-refractivity contribution in [3.05, 3.63) is 70.8 Å². The van der Waals surface area contributed by atoms with Gasteiger partial charge in [-0.15, -0.1) is 0 Å². The zero-order valence-corrected chi connectivity index (χ0v) is 14.1. The van der Waals surface area contributed by atoms with Crippen LogP contribution in [-0.2, 0) is 19.6 Å². The monoisotopic (exact) mass is 343 g/mol. The molecule has 3 aromatic rings. The predicted octanol–water partition coefficient (Wildman–Crippen LogP) is 2.73. The van der Waals surface area contributed by atoms with Crippen LogP contribution >= 0.6 is 11.6 Å². The van der Waals surface area contributed by atoms with Crippen molar-refractivity contribution >= 4 is 17.5 Å². The molecule has 0 aliphatic heterocycles. The van der Waals surface area contributed by atoms with Crippen LogP contribution in [0.2, 0.25) is 5.02 Å². The number of rotatable bonds is 6. The molecule has 1 aromatic carbocycles. The minimum atomic E-state index is -0.141. The number of amides is 1. The summed E-state index contributed by atoms with van der Waals surface area (Å²) < 4.78 is 3.59. The molecule has 1 amide bonds. The third kappa shape index (κ3) is 3.65. The summed E-state index contributed by atoms with van der Waals surface area (Å²) in [6.45, 7) is 3.65. The van der Waals surface area contributed by atoms with Gasteiger partial charge in [-0.2, -0.15) is 10.2 Å². The van der Waals surface area contributed by atoms with Crippen LogP contribution in [-0.4, -0.2) is 25.5 Å². The summed E-state index contributed by atoms with van der Waals surface area (Å²) in [5, 5.41) is 11.8. The lowest BCUT2D eigenvalue weighted by Gasteiger charge is -2.09. The van der Waals surface area contributed by atoms with Gasteiger partial charge >= 0.3 is 0 Å². The molecule has 0 aliphatic carbocycles. The Labute approximate surface area is 145 Å². The van der Waals surface area contributed by atoms with Gasteiger partial charge in [0.2, 0.25) is 0 Å². The Kier molecular flexibility index (Phi) is 4.96. The second kappa shape index (κ2) is 7.31. The molecule has 0 saturated heterocycles. The lowest BCUT2D eigenvalue weighted by Crippen LogP contribution is -2.24. The molecule has 7 heteroatoms. The fourth-order valence-corrected chi connectivity index (χ4v) is 2.70.